The summed E-state index contributed by atoms with van der Waals surface area (Å²) in [6, 6.07) is 4.92. The third-order valence-electron chi connectivity index (χ3n) is 5.32. The molecule has 1 fully saturated rings. The molecule has 1 aliphatic rings. The summed E-state index contributed by atoms with van der Waals surface area (Å²) in [6.45, 7) is -0.507. The molecule has 0 saturated carbocycles. The van der Waals surface area contributed by atoms with Gasteiger partial charge < -0.3 is 9.80 Å². The zero-order valence-electron chi connectivity index (χ0n) is 17.3. The predicted molar refractivity (Wildman–Crippen MR) is 103 cm³/mol. The normalized spacial score (nSPS) is 17.3. The van der Waals surface area contributed by atoms with Gasteiger partial charge in [0.25, 0.3) is 0 Å². The average Bonchev–Trinajstić information content (AvgIpc) is 2.72. The van der Waals surface area contributed by atoms with Gasteiger partial charge in [0.05, 0.1) is 17.2 Å². The van der Waals surface area contributed by atoms with Crippen molar-refractivity contribution in [1.82, 2.24) is 9.80 Å². The van der Waals surface area contributed by atoms with Gasteiger partial charge in [0.15, 0.2) is 0 Å². The van der Waals surface area contributed by atoms with Gasteiger partial charge in [-0.2, -0.15) is 26.3 Å². The Morgan fingerprint density at radius 2 is 1.55 bits per heavy atom. The fourth-order valence-corrected chi connectivity index (χ4v) is 3.71. The van der Waals surface area contributed by atoms with Gasteiger partial charge in [-0.3, -0.25) is 4.79 Å². The first-order chi connectivity index (χ1) is 15.3. The van der Waals surface area contributed by atoms with Gasteiger partial charge in [-0.05, 0) is 41.5 Å². The van der Waals surface area contributed by atoms with Gasteiger partial charge in [0.2, 0.25) is 0 Å². The minimum atomic E-state index is -5.00. The molecule has 11 heteroatoms. The molecule has 0 aliphatic carbocycles. The van der Waals surface area contributed by atoms with Crippen LogP contribution >= 0.6 is 0 Å². The van der Waals surface area contributed by atoms with Crippen LogP contribution in [-0.2, 0) is 23.7 Å². The summed E-state index contributed by atoms with van der Waals surface area (Å²) in [5.41, 5.74) is -2.80. The number of hydrogen-bond donors (Lipinski definition) is 0. The van der Waals surface area contributed by atoms with Crippen molar-refractivity contribution >= 4 is 11.8 Å². The van der Waals surface area contributed by atoms with Gasteiger partial charge in [-0.25, -0.2) is 9.18 Å². The lowest BCUT2D eigenvalue weighted by Gasteiger charge is -2.38. The Bertz CT molecular complexity index is 1000. The van der Waals surface area contributed by atoms with Gasteiger partial charge in [-0.15, -0.1) is 0 Å². The van der Waals surface area contributed by atoms with E-state index in [9.17, 15) is 40.3 Å². The summed E-state index contributed by atoms with van der Waals surface area (Å²) in [4.78, 5) is 27.3. The number of likely N-dealkylation sites (tertiary alicyclic amines) is 1. The van der Waals surface area contributed by atoms with Crippen molar-refractivity contribution in [2.45, 2.75) is 37.8 Å². The third kappa shape index (κ3) is 5.82. The minimum absolute atomic E-state index is 0.0143. The van der Waals surface area contributed by atoms with E-state index in [1.54, 1.807) is 0 Å². The van der Waals surface area contributed by atoms with Gasteiger partial charge >= 0.3 is 18.4 Å². The Morgan fingerprint density at radius 1 is 1.00 bits per heavy atom. The van der Waals surface area contributed by atoms with Crippen molar-refractivity contribution < 1.29 is 40.3 Å². The van der Waals surface area contributed by atoms with Crippen molar-refractivity contribution in [2.24, 2.45) is 0 Å². The summed E-state index contributed by atoms with van der Waals surface area (Å²) in [6.07, 6.45) is -9.98. The fourth-order valence-electron chi connectivity index (χ4n) is 3.71. The molecule has 1 heterocycles. The average molecular weight is 476 g/mol. The third-order valence-corrected chi connectivity index (χ3v) is 5.32. The van der Waals surface area contributed by atoms with Crippen LogP contribution in [0.25, 0.3) is 0 Å². The van der Waals surface area contributed by atoms with E-state index in [-0.39, 0.29) is 36.8 Å². The monoisotopic (exact) mass is 476 g/mol. The number of nitrogens with zero attached hydrogens (tertiary/aromatic N) is 2. The molecule has 0 radical (unpaired) electrons. The van der Waals surface area contributed by atoms with E-state index < -0.39 is 47.9 Å². The maximum atomic E-state index is 13.3. The van der Waals surface area contributed by atoms with Gasteiger partial charge in [-0.1, -0.05) is 12.1 Å². The number of benzene rings is 2. The first-order valence-electron chi connectivity index (χ1n) is 9.83. The summed E-state index contributed by atoms with van der Waals surface area (Å²) in [5, 5.41) is 0. The molecule has 2 aromatic rings. The standard InChI is InChI=1S/C22H19F7N2O2/c1-30(12-13-8-15(21(24,25)26)10-16(9-13)22(27,28)29)20(33)31-7-6-18(32)11-19(31)14-2-4-17(23)5-3-14/h2-5,8-10,19H,6-7,11-12H2,1H3/t19-/m1/s1. The number of Topliss-reactive ketones (excluding diaryl/α,β-unsaturated/α-hetero) is 1. The summed E-state index contributed by atoms with van der Waals surface area (Å²) < 4.78 is 91.9. The van der Waals surface area contributed by atoms with E-state index in [4.69, 9.17) is 0 Å². The van der Waals surface area contributed by atoms with Crippen LogP contribution in [-0.4, -0.2) is 35.2 Å². The number of rotatable bonds is 3. The number of halogens is 7. The Balaban J connectivity index is 1.87. The van der Waals surface area contributed by atoms with Crippen LogP contribution in [0.2, 0.25) is 0 Å². The van der Waals surface area contributed by atoms with Crippen LogP contribution in [0.1, 0.15) is 41.1 Å². The molecule has 33 heavy (non-hydrogen) atoms. The molecule has 0 aromatic heterocycles. The second kappa shape index (κ2) is 9.03. The molecule has 0 spiro atoms. The SMILES string of the molecule is CN(Cc1cc(C(F)(F)F)cc(C(F)(F)F)c1)C(=O)N1CCC(=O)C[C@@H]1c1ccc(F)cc1. The maximum absolute atomic E-state index is 13.3. The maximum Gasteiger partial charge on any atom is 0.416 e. The fraction of sp³-hybridized carbons (Fsp3) is 0.364. The zero-order valence-corrected chi connectivity index (χ0v) is 17.3. The lowest BCUT2D eigenvalue weighted by atomic mass is 9.94. The Hall–Kier alpha value is -3.11. The van der Waals surface area contributed by atoms with Crippen LogP contribution in [0.3, 0.4) is 0 Å². The van der Waals surface area contributed by atoms with Crippen molar-refractivity contribution in [2.75, 3.05) is 13.6 Å². The lowest BCUT2D eigenvalue weighted by molar-refractivity contribution is -0.143. The number of carbonyl (C=O) groups excluding carboxylic acids is 2. The van der Waals surface area contributed by atoms with E-state index in [1.807, 2.05) is 0 Å². The quantitative estimate of drug-likeness (QED) is 0.524. The highest BCUT2D eigenvalue weighted by Gasteiger charge is 2.38. The highest BCUT2D eigenvalue weighted by atomic mass is 19.4. The highest BCUT2D eigenvalue weighted by Crippen LogP contribution is 2.37. The second-order valence-corrected chi connectivity index (χ2v) is 7.81. The van der Waals surface area contributed by atoms with E-state index in [2.05, 4.69) is 0 Å². The highest BCUT2D eigenvalue weighted by molar-refractivity contribution is 5.84. The summed E-state index contributed by atoms with van der Waals surface area (Å²) in [7, 11) is 1.24. The Morgan fingerprint density at radius 3 is 2.06 bits per heavy atom. The van der Waals surface area contributed by atoms with Crippen molar-refractivity contribution in [1.29, 1.82) is 0 Å². The second-order valence-electron chi connectivity index (χ2n) is 7.81. The van der Waals surface area contributed by atoms with Crippen LogP contribution in [0.5, 0.6) is 0 Å². The van der Waals surface area contributed by atoms with Gasteiger partial charge in [0, 0.05) is 33.0 Å². The number of hydrogen-bond acceptors (Lipinski definition) is 2. The first-order valence-corrected chi connectivity index (χ1v) is 9.83. The van der Waals surface area contributed by atoms with E-state index in [0.29, 0.717) is 17.7 Å². The largest absolute Gasteiger partial charge is 0.416 e. The molecule has 1 atom stereocenters. The first kappa shape index (κ1) is 24.5. The van der Waals surface area contributed by atoms with Crippen LogP contribution in [0.15, 0.2) is 42.5 Å². The smallest absolute Gasteiger partial charge is 0.323 e. The van der Waals surface area contributed by atoms with Gasteiger partial charge in [0.1, 0.15) is 11.6 Å². The topological polar surface area (TPSA) is 40.6 Å². The molecule has 178 valence electrons. The Kier molecular flexibility index (Phi) is 6.71. The number of carbonyl (C=O) groups is 2. The Labute approximate surface area is 184 Å². The molecular weight excluding hydrogens is 457 g/mol. The molecule has 1 aliphatic heterocycles. The van der Waals surface area contributed by atoms with Crippen LogP contribution < -0.4 is 0 Å². The molecular formula is C22H19F7N2O2. The zero-order chi connectivity index (χ0) is 24.6. The lowest BCUT2D eigenvalue weighted by Crippen LogP contribution is -2.46. The number of urea groups is 1. The van der Waals surface area contributed by atoms with E-state index in [0.717, 1.165) is 4.90 Å². The van der Waals surface area contributed by atoms with Crippen LogP contribution in [0.4, 0.5) is 35.5 Å². The van der Waals surface area contributed by atoms with E-state index >= 15 is 0 Å². The molecule has 1 saturated heterocycles. The van der Waals surface area contributed by atoms with Crippen molar-refractivity contribution in [3.8, 4) is 0 Å². The number of piperidine rings is 1. The summed E-state index contributed by atoms with van der Waals surface area (Å²) >= 11 is 0. The van der Waals surface area contributed by atoms with Crippen LogP contribution in [0, 0.1) is 5.82 Å². The molecule has 0 bridgehead atoms. The number of ketones is 1. The number of amides is 2. The minimum Gasteiger partial charge on any atom is -0.323 e. The summed E-state index contributed by atoms with van der Waals surface area (Å²) in [5.74, 6) is -0.635. The molecule has 0 N–H and O–H groups in total. The number of alkyl halides is 6. The van der Waals surface area contributed by atoms with Crippen molar-refractivity contribution in [3.63, 3.8) is 0 Å². The predicted octanol–water partition coefficient (Wildman–Crippen LogP) is 5.82. The molecule has 4 nitrogen and oxygen atoms in total. The van der Waals surface area contributed by atoms with Crippen molar-refractivity contribution in [3.05, 3.63) is 70.5 Å². The molecule has 0 unspecified atom stereocenters. The molecule has 3 rings (SSSR count). The molecule has 2 amide bonds. The molecule has 2 aromatic carbocycles. The van der Waals surface area contributed by atoms with E-state index in [1.165, 1.54) is 36.2 Å².